The molecule has 0 aromatic heterocycles. The first-order valence-electron chi connectivity index (χ1n) is 4.99. The number of esters is 1. The minimum Gasteiger partial charge on any atom is -0.462 e. The summed E-state index contributed by atoms with van der Waals surface area (Å²) in [5.74, 6) is -0.348. The maximum absolute atomic E-state index is 11.4. The topological polar surface area (TPSA) is 76.0 Å². The first-order chi connectivity index (χ1) is 6.80. The van der Waals surface area contributed by atoms with Gasteiger partial charge < -0.3 is 19.7 Å². The fraction of sp³-hybridized carbons (Fsp3) is 0.900. The Morgan fingerprint density at radius 2 is 2.07 bits per heavy atom. The second kappa shape index (κ2) is 4.47. The molecule has 88 valence electrons. The van der Waals surface area contributed by atoms with Crippen molar-refractivity contribution in [3.05, 3.63) is 0 Å². The smallest absolute Gasteiger partial charge is 0.311 e. The van der Waals surface area contributed by atoms with Gasteiger partial charge in [0.05, 0.1) is 11.5 Å². The van der Waals surface area contributed by atoms with Crippen LogP contribution in [0.3, 0.4) is 0 Å². The molecule has 0 aromatic rings. The SMILES string of the molecule is CC(C)(C)C(=O)OC[C@H]1O[C@H](O)C[C@H]1O. The van der Waals surface area contributed by atoms with Crippen LogP contribution >= 0.6 is 0 Å². The summed E-state index contributed by atoms with van der Waals surface area (Å²) in [5, 5.41) is 18.5. The predicted molar refractivity (Wildman–Crippen MR) is 51.9 cm³/mol. The second-order valence-electron chi connectivity index (χ2n) is 4.78. The molecule has 1 heterocycles. The zero-order chi connectivity index (χ0) is 11.6. The molecule has 1 fully saturated rings. The highest BCUT2D eigenvalue weighted by atomic mass is 16.6. The van der Waals surface area contributed by atoms with Crippen molar-refractivity contribution in [2.24, 2.45) is 5.41 Å². The van der Waals surface area contributed by atoms with Crippen molar-refractivity contribution >= 4 is 5.97 Å². The first kappa shape index (κ1) is 12.4. The Hall–Kier alpha value is -0.650. The number of ether oxygens (including phenoxy) is 2. The Labute approximate surface area is 89.0 Å². The molecule has 2 N–H and O–H groups in total. The van der Waals surface area contributed by atoms with Crippen LogP contribution in [0.25, 0.3) is 0 Å². The summed E-state index contributed by atoms with van der Waals surface area (Å²) < 4.78 is 9.94. The van der Waals surface area contributed by atoms with Crippen LogP contribution in [-0.4, -0.2) is 41.3 Å². The number of carbonyl (C=O) groups is 1. The summed E-state index contributed by atoms with van der Waals surface area (Å²) in [6, 6.07) is 0. The zero-order valence-corrected chi connectivity index (χ0v) is 9.27. The molecule has 15 heavy (non-hydrogen) atoms. The average Bonchev–Trinajstić information content (AvgIpc) is 2.39. The van der Waals surface area contributed by atoms with Crippen LogP contribution < -0.4 is 0 Å². The summed E-state index contributed by atoms with van der Waals surface area (Å²) in [7, 11) is 0. The van der Waals surface area contributed by atoms with E-state index in [0.717, 1.165) is 0 Å². The molecule has 0 radical (unpaired) electrons. The van der Waals surface area contributed by atoms with Crippen LogP contribution in [0.2, 0.25) is 0 Å². The van der Waals surface area contributed by atoms with Crippen molar-refractivity contribution in [3.8, 4) is 0 Å². The van der Waals surface area contributed by atoms with Crippen molar-refractivity contribution in [1.82, 2.24) is 0 Å². The van der Waals surface area contributed by atoms with Crippen LogP contribution in [0.1, 0.15) is 27.2 Å². The second-order valence-corrected chi connectivity index (χ2v) is 4.78. The van der Waals surface area contributed by atoms with E-state index in [4.69, 9.17) is 14.6 Å². The van der Waals surface area contributed by atoms with Crippen LogP contribution in [0.4, 0.5) is 0 Å². The lowest BCUT2D eigenvalue weighted by Gasteiger charge is -2.19. The van der Waals surface area contributed by atoms with E-state index in [1.165, 1.54) is 0 Å². The third kappa shape index (κ3) is 3.44. The van der Waals surface area contributed by atoms with Crippen molar-refractivity contribution in [2.45, 2.75) is 45.7 Å². The van der Waals surface area contributed by atoms with Crippen molar-refractivity contribution in [3.63, 3.8) is 0 Å². The van der Waals surface area contributed by atoms with Crippen LogP contribution in [0.5, 0.6) is 0 Å². The van der Waals surface area contributed by atoms with E-state index in [1.54, 1.807) is 20.8 Å². The van der Waals surface area contributed by atoms with Crippen LogP contribution in [0.15, 0.2) is 0 Å². The fourth-order valence-corrected chi connectivity index (χ4v) is 1.23. The van der Waals surface area contributed by atoms with Crippen LogP contribution in [-0.2, 0) is 14.3 Å². The molecule has 1 rings (SSSR count). The van der Waals surface area contributed by atoms with E-state index < -0.39 is 23.9 Å². The van der Waals surface area contributed by atoms with Gasteiger partial charge in [-0.2, -0.15) is 0 Å². The standard InChI is InChI=1S/C10H18O5/c1-10(2,3)9(13)14-5-7-6(11)4-8(12)15-7/h6-8,11-12H,4-5H2,1-3H3/t6-,7-,8+/m1/s1. The Balaban J connectivity index is 2.35. The normalized spacial score (nSPS) is 31.7. The van der Waals surface area contributed by atoms with Gasteiger partial charge in [-0.3, -0.25) is 4.79 Å². The summed E-state index contributed by atoms with van der Waals surface area (Å²) in [4.78, 5) is 11.4. The highest BCUT2D eigenvalue weighted by molar-refractivity contribution is 5.75. The largest absolute Gasteiger partial charge is 0.462 e. The molecule has 0 spiro atoms. The number of aliphatic hydroxyl groups excluding tert-OH is 2. The number of aliphatic hydroxyl groups is 2. The third-order valence-corrected chi connectivity index (χ3v) is 2.20. The van der Waals surface area contributed by atoms with Gasteiger partial charge in [-0.25, -0.2) is 0 Å². The van der Waals surface area contributed by atoms with Gasteiger partial charge in [-0.05, 0) is 20.8 Å². The van der Waals surface area contributed by atoms with Gasteiger partial charge in [0, 0.05) is 6.42 Å². The van der Waals surface area contributed by atoms with Gasteiger partial charge in [0.25, 0.3) is 0 Å². The van der Waals surface area contributed by atoms with E-state index in [1.807, 2.05) is 0 Å². The Morgan fingerprint density at radius 3 is 2.47 bits per heavy atom. The lowest BCUT2D eigenvalue weighted by Crippen LogP contribution is -2.31. The molecule has 0 amide bonds. The van der Waals surface area contributed by atoms with E-state index in [2.05, 4.69) is 0 Å². The van der Waals surface area contributed by atoms with Gasteiger partial charge >= 0.3 is 5.97 Å². The molecule has 5 heteroatoms. The molecule has 0 saturated carbocycles. The summed E-state index contributed by atoms with van der Waals surface area (Å²) in [6.45, 7) is 5.22. The highest BCUT2D eigenvalue weighted by Crippen LogP contribution is 2.20. The van der Waals surface area contributed by atoms with Crippen molar-refractivity contribution < 1.29 is 24.5 Å². The zero-order valence-electron chi connectivity index (χ0n) is 9.27. The van der Waals surface area contributed by atoms with Gasteiger partial charge in [0.2, 0.25) is 0 Å². The van der Waals surface area contributed by atoms with Gasteiger partial charge in [-0.15, -0.1) is 0 Å². The summed E-state index contributed by atoms with van der Waals surface area (Å²) >= 11 is 0. The Kier molecular flexibility index (Phi) is 3.70. The molecule has 1 aliphatic rings. The molecule has 3 atom stereocenters. The Morgan fingerprint density at radius 1 is 1.47 bits per heavy atom. The molecule has 1 saturated heterocycles. The van der Waals surface area contributed by atoms with Gasteiger partial charge in [0.1, 0.15) is 12.7 Å². The molecular formula is C10H18O5. The van der Waals surface area contributed by atoms with Gasteiger partial charge in [0.15, 0.2) is 6.29 Å². The Bertz CT molecular complexity index is 232. The highest BCUT2D eigenvalue weighted by Gasteiger charge is 2.34. The molecule has 0 aromatic carbocycles. The third-order valence-electron chi connectivity index (χ3n) is 2.20. The van der Waals surface area contributed by atoms with E-state index in [9.17, 15) is 9.90 Å². The van der Waals surface area contributed by atoms with Crippen LogP contribution in [0, 0.1) is 5.41 Å². The van der Waals surface area contributed by atoms with Gasteiger partial charge in [-0.1, -0.05) is 0 Å². The predicted octanol–water partition coefficient (Wildman–Crippen LogP) is 0.0439. The lowest BCUT2D eigenvalue weighted by molar-refractivity contribution is -0.163. The quantitative estimate of drug-likeness (QED) is 0.640. The molecule has 1 aliphatic heterocycles. The monoisotopic (exact) mass is 218 g/mol. The first-order valence-corrected chi connectivity index (χ1v) is 4.99. The molecule has 0 bridgehead atoms. The maximum atomic E-state index is 11.4. The lowest BCUT2D eigenvalue weighted by atomic mass is 9.97. The average molecular weight is 218 g/mol. The van der Waals surface area contributed by atoms with Crippen molar-refractivity contribution in [2.75, 3.05) is 6.61 Å². The number of hydrogen-bond donors (Lipinski definition) is 2. The summed E-state index contributed by atoms with van der Waals surface area (Å²) in [5.41, 5.74) is -0.567. The molecule has 0 unspecified atom stereocenters. The molecular weight excluding hydrogens is 200 g/mol. The minimum atomic E-state index is -0.960. The molecule has 5 nitrogen and oxygen atoms in total. The summed E-state index contributed by atoms with van der Waals surface area (Å²) in [6.07, 6.45) is -2.19. The number of rotatable bonds is 2. The number of carbonyl (C=O) groups excluding carboxylic acids is 1. The minimum absolute atomic E-state index is 0.0195. The molecule has 0 aliphatic carbocycles. The van der Waals surface area contributed by atoms with E-state index >= 15 is 0 Å². The van der Waals surface area contributed by atoms with E-state index in [-0.39, 0.29) is 19.0 Å². The maximum Gasteiger partial charge on any atom is 0.311 e. The van der Waals surface area contributed by atoms with E-state index in [0.29, 0.717) is 0 Å². The number of hydrogen-bond acceptors (Lipinski definition) is 5. The van der Waals surface area contributed by atoms with Crippen molar-refractivity contribution in [1.29, 1.82) is 0 Å². The fourth-order valence-electron chi connectivity index (χ4n) is 1.23.